The van der Waals surface area contributed by atoms with E-state index in [2.05, 4.69) is 37.9 Å². The summed E-state index contributed by atoms with van der Waals surface area (Å²) in [5.41, 5.74) is 1.96. The molecule has 1 fully saturated rings. The first kappa shape index (κ1) is 16.2. The van der Waals surface area contributed by atoms with Crippen molar-refractivity contribution in [3.63, 3.8) is 0 Å². The van der Waals surface area contributed by atoms with E-state index in [1.165, 1.54) is 6.07 Å². The maximum absolute atomic E-state index is 13.6. The monoisotopic (exact) mass is 294 g/mol. The first-order valence-electron chi connectivity index (χ1n) is 7.73. The second-order valence-corrected chi connectivity index (χ2v) is 7.16. The molecule has 2 rings (SSSR count). The number of aliphatic hydroxyl groups excluding tert-OH is 1. The highest BCUT2D eigenvalue weighted by Crippen LogP contribution is 2.27. The quantitative estimate of drug-likeness (QED) is 0.900. The Morgan fingerprint density at radius 1 is 1.38 bits per heavy atom. The molecule has 0 spiro atoms. The van der Waals surface area contributed by atoms with Gasteiger partial charge >= 0.3 is 0 Å². The van der Waals surface area contributed by atoms with Crippen molar-refractivity contribution in [1.82, 2.24) is 5.32 Å². The van der Waals surface area contributed by atoms with Gasteiger partial charge in [0.25, 0.3) is 0 Å². The van der Waals surface area contributed by atoms with Gasteiger partial charge in [-0.3, -0.25) is 0 Å². The normalized spacial score (nSPS) is 23.4. The predicted molar refractivity (Wildman–Crippen MR) is 85.0 cm³/mol. The topological polar surface area (TPSA) is 35.5 Å². The van der Waals surface area contributed by atoms with Crippen molar-refractivity contribution in [3.05, 3.63) is 29.6 Å². The molecule has 1 saturated heterocycles. The number of nitrogens with one attached hydrogen (secondary N) is 1. The lowest BCUT2D eigenvalue weighted by Gasteiger charge is -2.37. The van der Waals surface area contributed by atoms with Crippen LogP contribution in [0.25, 0.3) is 0 Å². The Kier molecular flexibility index (Phi) is 4.89. The van der Waals surface area contributed by atoms with Crippen LogP contribution in [0.1, 0.15) is 39.7 Å². The van der Waals surface area contributed by atoms with Crippen LogP contribution in [0.2, 0.25) is 0 Å². The Morgan fingerprint density at radius 2 is 2.10 bits per heavy atom. The lowest BCUT2D eigenvalue weighted by molar-refractivity contribution is 0.103. The third-order valence-corrected chi connectivity index (χ3v) is 4.11. The van der Waals surface area contributed by atoms with Crippen LogP contribution < -0.4 is 10.2 Å². The maximum atomic E-state index is 13.6. The summed E-state index contributed by atoms with van der Waals surface area (Å²) in [6.07, 6.45) is 0.650. The molecule has 0 bridgehead atoms. The fourth-order valence-electron chi connectivity index (χ4n) is 2.63. The van der Waals surface area contributed by atoms with Crippen molar-refractivity contribution in [2.75, 3.05) is 18.0 Å². The summed E-state index contributed by atoms with van der Waals surface area (Å²) in [5.74, 6) is 0.119. The molecule has 1 aromatic rings. The van der Waals surface area contributed by atoms with E-state index in [1.807, 2.05) is 6.07 Å². The minimum absolute atomic E-state index is 0.0144. The highest BCUT2D eigenvalue weighted by atomic mass is 19.1. The number of halogens is 1. The molecule has 0 saturated carbocycles. The molecule has 4 heteroatoms. The van der Waals surface area contributed by atoms with Crippen molar-refractivity contribution in [3.8, 4) is 0 Å². The summed E-state index contributed by atoms with van der Waals surface area (Å²) < 4.78 is 13.6. The van der Waals surface area contributed by atoms with Gasteiger partial charge in [-0.2, -0.15) is 0 Å². The van der Waals surface area contributed by atoms with Crippen LogP contribution in [-0.2, 0) is 6.54 Å². The predicted octanol–water partition coefficient (Wildman–Crippen LogP) is 2.92. The van der Waals surface area contributed by atoms with Crippen LogP contribution in [0, 0.1) is 11.7 Å². The van der Waals surface area contributed by atoms with Gasteiger partial charge in [0.15, 0.2) is 0 Å². The van der Waals surface area contributed by atoms with Crippen molar-refractivity contribution in [2.45, 2.75) is 52.3 Å². The van der Waals surface area contributed by atoms with Gasteiger partial charge in [0, 0.05) is 30.9 Å². The minimum atomic E-state index is -0.313. The number of benzene rings is 1. The fraction of sp³-hybridized carbons (Fsp3) is 0.647. The van der Waals surface area contributed by atoms with Crippen molar-refractivity contribution in [2.24, 2.45) is 5.92 Å². The van der Waals surface area contributed by atoms with Gasteiger partial charge in [-0.1, -0.05) is 6.92 Å². The molecule has 1 aromatic carbocycles. The summed E-state index contributed by atoms with van der Waals surface area (Å²) in [6, 6.07) is 4.93. The summed E-state index contributed by atoms with van der Waals surface area (Å²) in [7, 11) is 0. The van der Waals surface area contributed by atoms with Crippen molar-refractivity contribution >= 4 is 5.69 Å². The van der Waals surface area contributed by atoms with Crippen molar-refractivity contribution < 1.29 is 9.50 Å². The molecular formula is C17H27FN2O. The summed E-state index contributed by atoms with van der Waals surface area (Å²) in [4.78, 5) is 2.17. The molecule has 1 aliphatic rings. The van der Waals surface area contributed by atoms with Gasteiger partial charge in [0.1, 0.15) is 5.82 Å². The number of nitrogens with zero attached hydrogens (tertiary/aromatic N) is 1. The summed E-state index contributed by atoms with van der Waals surface area (Å²) >= 11 is 0. The zero-order valence-corrected chi connectivity index (χ0v) is 13.5. The molecule has 2 unspecified atom stereocenters. The summed E-state index contributed by atoms with van der Waals surface area (Å²) in [5, 5.41) is 13.5. The first-order chi connectivity index (χ1) is 9.76. The lowest BCUT2D eigenvalue weighted by Crippen LogP contribution is -2.43. The Balaban J connectivity index is 2.18. The largest absolute Gasteiger partial charge is 0.391 e. The van der Waals surface area contributed by atoms with Gasteiger partial charge in [-0.15, -0.1) is 0 Å². The van der Waals surface area contributed by atoms with E-state index in [-0.39, 0.29) is 17.5 Å². The average Bonchev–Trinajstić information content (AvgIpc) is 2.39. The average molecular weight is 294 g/mol. The van der Waals surface area contributed by atoms with E-state index < -0.39 is 0 Å². The minimum Gasteiger partial charge on any atom is -0.391 e. The van der Waals surface area contributed by atoms with Gasteiger partial charge in [0.05, 0.1) is 6.10 Å². The van der Waals surface area contributed by atoms with Crippen LogP contribution in [0.4, 0.5) is 10.1 Å². The van der Waals surface area contributed by atoms with E-state index in [9.17, 15) is 9.50 Å². The summed E-state index contributed by atoms with van der Waals surface area (Å²) in [6.45, 7) is 10.5. The zero-order chi connectivity index (χ0) is 15.6. The number of hydrogen-bond donors (Lipinski definition) is 2. The Morgan fingerprint density at radius 3 is 2.71 bits per heavy atom. The number of piperidine rings is 1. The molecule has 1 heterocycles. The van der Waals surface area contributed by atoms with Crippen LogP contribution in [0.5, 0.6) is 0 Å². The third-order valence-electron chi connectivity index (χ3n) is 4.11. The second kappa shape index (κ2) is 6.32. The fourth-order valence-corrected chi connectivity index (χ4v) is 2.63. The van der Waals surface area contributed by atoms with Gasteiger partial charge < -0.3 is 15.3 Å². The van der Waals surface area contributed by atoms with Gasteiger partial charge in [-0.05, 0) is 56.9 Å². The molecule has 0 radical (unpaired) electrons. The number of anilines is 1. The molecule has 21 heavy (non-hydrogen) atoms. The van der Waals surface area contributed by atoms with Gasteiger partial charge in [-0.25, -0.2) is 4.39 Å². The third kappa shape index (κ3) is 4.42. The first-order valence-corrected chi connectivity index (χ1v) is 7.73. The van der Waals surface area contributed by atoms with E-state index in [0.717, 1.165) is 24.2 Å². The van der Waals surface area contributed by atoms with Crippen LogP contribution in [0.15, 0.2) is 18.2 Å². The Hall–Kier alpha value is -1.13. The number of hydrogen-bond acceptors (Lipinski definition) is 3. The molecular weight excluding hydrogens is 267 g/mol. The molecule has 2 N–H and O–H groups in total. The van der Waals surface area contributed by atoms with Crippen LogP contribution in [0.3, 0.4) is 0 Å². The highest BCUT2D eigenvalue weighted by molar-refractivity contribution is 5.54. The van der Waals surface area contributed by atoms with E-state index in [4.69, 9.17) is 0 Å². The van der Waals surface area contributed by atoms with E-state index in [1.54, 1.807) is 6.07 Å². The Labute approximate surface area is 127 Å². The smallest absolute Gasteiger partial charge is 0.123 e. The molecule has 3 nitrogen and oxygen atoms in total. The number of aliphatic hydroxyl groups is 1. The van der Waals surface area contributed by atoms with E-state index in [0.29, 0.717) is 19.0 Å². The van der Waals surface area contributed by atoms with Crippen molar-refractivity contribution in [1.29, 1.82) is 0 Å². The molecule has 118 valence electrons. The van der Waals surface area contributed by atoms with Crippen LogP contribution >= 0.6 is 0 Å². The molecule has 1 aliphatic heterocycles. The van der Waals surface area contributed by atoms with E-state index >= 15 is 0 Å². The number of rotatable bonds is 3. The molecule has 0 aliphatic carbocycles. The lowest BCUT2D eigenvalue weighted by atomic mass is 9.95. The van der Waals surface area contributed by atoms with Gasteiger partial charge in [0.2, 0.25) is 0 Å². The molecule has 2 atom stereocenters. The molecule has 0 amide bonds. The second-order valence-electron chi connectivity index (χ2n) is 7.16. The number of β-amino-alcohol motifs (C(OH)–C–C–N with tert-alkyl or cyclic N) is 1. The Bertz CT molecular complexity index is 484. The maximum Gasteiger partial charge on any atom is 0.123 e. The standard InChI is InChI=1S/C17H27FN2O/c1-12-7-8-20(11-16(12)21)15-6-5-14(18)9-13(15)10-19-17(2,3)4/h5-6,9,12,16,19,21H,7-8,10-11H2,1-4H3. The molecule has 0 aromatic heterocycles. The SMILES string of the molecule is CC1CCN(c2ccc(F)cc2CNC(C)(C)C)CC1O. The highest BCUT2D eigenvalue weighted by Gasteiger charge is 2.25. The van der Waals surface area contributed by atoms with Crippen LogP contribution in [-0.4, -0.2) is 29.8 Å². The zero-order valence-electron chi connectivity index (χ0n) is 13.5.